The summed E-state index contributed by atoms with van der Waals surface area (Å²) in [6, 6.07) is 42.1. The van der Waals surface area contributed by atoms with Crippen molar-refractivity contribution in [2.45, 2.75) is 0 Å². The van der Waals surface area contributed by atoms with Crippen molar-refractivity contribution in [1.29, 1.82) is 0 Å². The summed E-state index contributed by atoms with van der Waals surface area (Å²) in [7, 11) is 0. The lowest BCUT2D eigenvalue weighted by atomic mass is 10.0. The van der Waals surface area contributed by atoms with Gasteiger partial charge in [0.2, 0.25) is 0 Å². The molecule has 0 unspecified atom stereocenters. The molecule has 4 aromatic carbocycles. The van der Waals surface area contributed by atoms with E-state index in [0.29, 0.717) is 0 Å². The minimum atomic E-state index is 0.931. The van der Waals surface area contributed by atoms with Gasteiger partial charge in [0.1, 0.15) is 5.65 Å². The second-order valence-corrected chi connectivity index (χ2v) is 9.75. The fourth-order valence-electron chi connectivity index (χ4n) is 5.56. The van der Waals surface area contributed by atoms with Gasteiger partial charge in [-0.1, -0.05) is 97.1 Å². The Morgan fingerprint density at radius 3 is 2.05 bits per heavy atom. The molecule has 0 radical (unpaired) electrons. The lowest BCUT2D eigenvalue weighted by molar-refractivity contribution is 1.19. The van der Waals surface area contributed by atoms with E-state index in [2.05, 4.69) is 107 Å². The molecule has 0 saturated carbocycles. The lowest BCUT2D eigenvalue weighted by Gasteiger charge is -2.10. The fourth-order valence-corrected chi connectivity index (χ4v) is 5.56. The molecule has 4 heteroatoms. The molecule has 182 valence electrons. The van der Waals surface area contributed by atoms with Gasteiger partial charge in [-0.15, -0.1) is 0 Å². The molecule has 0 atom stereocenters. The van der Waals surface area contributed by atoms with E-state index in [1.807, 2.05) is 36.5 Å². The Balaban J connectivity index is 1.26. The molecule has 0 amide bonds. The average Bonchev–Trinajstić information content (AvgIpc) is 3.41. The molecule has 0 aliphatic carbocycles. The van der Waals surface area contributed by atoms with Gasteiger partial charge in [-0.3, -0.25) is 9.38 Å². The normalized spacial score (nSPS) is 11.6. The maximum absolute atomic E-state index is 5.14. The standard InChI is InChI=1S/C35H22N4/c1-2-7-24(8-3-1)34-35(39-22-5-4-10-31(39)38-34)27-13-11-23(12-14-27)30-20-17-26-16-18-28-29(33(26)37-30)19-15-25-9-6-21-36-32(25)28/h1-22H. The van der Waals surface area contributed by atoms with Crippen molar-refractivity contribution < 1.29 is 0 Å². The van der Waals surface area contributed by atoms with Gasteiger partial charge >= 0.3 is 0 Å². The third-order valence-electron chi connectivity index (χ3n) is 7.46. The van der Waals surface area contributed by atoms with Gasteiger partial charge in [0.15, 0.2) is 0 Å². The number of hydrogen-bond donors (Lipinski definition) is 0. The van der Waals surface area contributed by atoms with E-state index in [4.69, 9.17) is 9.97 Å². The maximum Gasteiger partial charge on any atom is 0.137 e. The van der Waals surface area contributed by atoms with Crippen LogP contribution in [0.2, 0.25) is 0 Å². The van der Waals surface area contributed by atoms with Crippen LogP contribution < -0.4 is 0 Å². The zero-order chi connectivity index (χ0) is 25.8. The number of benzene rings is 4. The van der Waals surface area contributed by atoms with Gasteiger partial charge < -0.3 is 0 Å². The van der Waals surface area contributed by atoms with Crippen LogP contribution in [0.4, 0.5) is 0 Å². The van der Waals surface area contributed by atoms with Gasteiger partial charge in [-0.2, -0.15) is 0 Å². The number of rotatable bonds is 3. The average molecular weight is 499 g/mol. The first kappa shape index (κ1) is 21.7. The van der Waals surface area contributed by atoms with Crippen LogP contribution >= 0.6 is 0 Å². The minimum Gasteiger partial charge on any atom is -0.299 e. The number of aromatic nitrogens is 4. The largest absolute Gasteiger partial charge is 0.299 e. The number of imidazole rings is 1. The summed E-state index contributed by atoms with van der Waals surface area (Å²) in [6.45, 7) is 0. The van der Waals surface area contributed by atoms with Crippen LogP contribution in [0.25, 0.3) is 72.0 Å². The van der Waals surface area contributed by atoms with Crippen LogP contribution in [-0.2, 0) is 0 Å². The Hall–Kier alpha value is -5.35. The first-order chi connectivity index (χ1) is 19.3. The van der Waals surface area contributed by atoms with Crippen molar-refractivity contribution >= 4 is 38.2 Å². The zero-order valence-electron chi connectivity index (χ0n) is 21.0. The molecule has 4 aromatic heterocycles. The molecule has 4 nitrogen and oxygen atoms in total. The Kier molecular flexibility index (Phi) is 4.79. The molecule has 0 fully saturated rings. The Morgan fingerprint density at radius 2 is 1.21 bits per heavy atom. The first-order valence-electron chi connectivity index (χ1n) is 13.0. The predicted molar refractivity (Wildman–Crippen MR) is 160 cm³/mol. The highest BCUT2D eigenvalue weighted by Crippen LogP contribution is 2.35. The van der Waals surface area contributed by atoms with E-state index in [0.717, 1.165) is 72.0 Å². The third kappa shape index (κ3) is 3.50. The number of fused-ring (bicyclic) bond motifs is 6. The predicted octanol–water partition coefficient (Wildman–Crippen LogP) is 8.58. The van der Waals surface area contributed by atoms with Crippen molar-refractivity contribution in [3.8, 4) is 33.8 Å². The summed E-state index contributed by atoms with van der Waals surface area (Å²) < 4.78 is 2.16. The van der Waals surface area contributed by atoms with Crippen LogP contribution in [0.3, 0.4) is 0 Å². The van der Waals surface area contributed by atoms with Crippen molar-refractivity contribution in [3.05, 3.63) is 134 Å². The summed E-state index contributed by atoms with van der Waals surface area (Å²) in [5.74, 6) is 0. The van der Waals surface area contributed by atoms with E-state index in [9.17, 15) is 0 Å². The molecule has 8 rings (SSSR count). The molecule has 0 bridgehead atoms. The summed E-state index contributed by atoms with van der Waals surface area (Å²) in [5, 5.41) is 4.51. The molecule has 4 heterocycles. The first-order valence-corrected chi connectivity index (χ1v) is 13.0. The quantitative estimate of drug-likeness (QED) is 0.229. The lowest BCUT2D eigenvalue weighted by Crippen LogP contribution is -1.91. The van der Waals surface area contributed by atoms with Crippen LogP contribution in [0.5, 0.6) is 0 Å². The Bertz CT molecular complexity index is 2160. The number of pyridine rings is 3. The molecule has 0 aliphatic rings. The minimum absolute atomic E-state index is 0.931. The molecular formula is C35H22N4. The molecule has 0 spiro atoms. The summed E-state index contributed by atoms with van der Waals surface area (Å²) in [4.78, 5) is 14.8. The fraction of sp³-hybridized carbons (Fsp3) is 0. The van der Waals surface area contributed by atoms with Crippen molar-refractivity contribution in [2.24, 2.45) is 0 Å². The van der Waals surface area contributed by atoms with Gasteiger partial charge in [0.05, 0.1) is 28.1 Å². The Labute approximate surface area is 224 Å². The summed E-state index contributed by atoms with van der Waals surface area (Å²) in [6.07, 6.45) is 3.93. The smallest absolute Gasteiger partial charge is 0.137 e. The number of nitrogens with zero attached hydrogens (tertiary/aromatic N) is 4. The molecule has 0 saturated heterocycles. The molecule has 0 aliphatic heterocycles. The van der Waals surface area contributed by atoms with E-state index in [-0.39, 0.29) is 0 Å². The van der Waals surface area contributed by atoms with Gasteiger partial charge in [0.25, 0.3) is 0 Å². The Morgan fingerprint density at radius 1 is 0.487 bits per heavy atom. The van der Waals surface area contributed by atoms with Crippen LogP contribution in [-0.4, -0.2) is 19.4 Å². The van der Waals surface area contributed by atoms with Crippen molar-refractivity contribution in [2.75, 3.05) is 0 Å². The number of hydrogen-bond acceptors (Lipinski definition) is 3. The van der Waals surface area contributed by atoms with E-state index in [1.54, 1.807) is 0 Å². The molecular weight excluding hydrogens is 476 g/mol. The van der Waals surface area contributed by atoms with Crippen LogP contribution in [0.15, 0.2) is 134 Å². The summed E-state index contributed by atoms with van der Waals surface area (Å²) in [5.41, 5.74) is 9.23. The van der Waals surface area contributed by atoms with Crippen molar-refractivity contribution in [1.82, 2.24) is 19.4 Å². The zero-order valence-corrected chi connectivity index (χ0v) is 21.0. The SMILES string of the molecule is c1ccc(-c2nc3ccccn3c2-c2ccc(-c3ccc4ccc5c(ccc6cccnc65)c4n3)cc2)cc1. The second-order valence-electron chi connectivity index (χ2n) is 9.75. The van der Waals surface area contributed by atoms with Crippen LogP contribution in [0, 0.1) is 0 Å². The second kappa shape index (κ2) is 8.61. The van der Waals surface area contributed by atoms with E-state index >= 15 is 0 Å². The maximum atomic E-state index is 5.14. The third-order valence-corrected chi connectivity index (χ3v) is 7.46. The van der Waals surface area contributed by atoms with Gasteiger partial charge in [0, 0.05) is 50.6 Å². The summed E-state index contributed by atoms with van der Waals surface area (Å²) >= 11 is 0. The molecule has 39 heavy (non-hydrogen) atoms. The molecule has 8 aromatic rings. The van der Waals surface area contributed by atoms with Gasteiger partial charge in [-0.05, 0) is 24.3 Å². The van der Waals surface area contributed by atoms with E-state index in [1.165, 1.54) is 0 Å². The van der Waals surface area contributed by atoms with Crippen LogP contribution in [0.1, 0.15) is 0 Å². The monoisotopic (exact) mass is 498 g/mol. The highest BCUT2D eigenvalue weighted by atomic mass is 15.0. The van der Waals surface area contributed by atoms with E-state index < -0.39 is 0 Å². The highest BCUT2D eigenvalue weighted by Gasteiger charge is 2.16. The van der Waals surface area contributed by atoms with Crippen molar-refractivity contribution in [3.63, 3.8) is 0 Å². The molecule has 0 N–H and O–H groups in total. The highest BCUT2D eigenvalue weighted by molar-refractivity contribution is 6.14. The topological polar surface area (TPSA) is 43.1 Å². The van der Waals surface area contributed by atoms with Gasteiger partial charge in [-0.25, -0.2) is 9.97 Å².